The molecule has 2 heteroatoms. The maximum atomic E-state index is 8.81. The maximum absolute atomic E-state index is 8.81. The van der Waals surface area contributed by atoms with Crippen molar-refractivity contribution in [1.82, 2.24) is 0 Å². The summed E-state index contributed by atoms with van der Waals surface area (Å²) in [6.45, 7) is 2.08. The van der Waals surface area contributed by atoms with Crippen LogP contribution in [0.25, 0.3) is 0 Å². The van der Waals surface area contributed by atoms with Crippen LogP contribution in [0.15, 0.2) is 34.4 Å². The van der Waals surface area contributed by atoms with Gasteiger partial charge in [-0.1, -0.05) is 29.3 Å². The fraction of sp³-hybridized carbons (Fsp3) is 0.333. The molecule has 0 saturated carbocycles. The molecule has 0 amide bonds. The molecule has 0 aromatic heterocycles. The average molecular weight is 171 g/mol. The van der Waals surface area contributed by atoms with Crippen LogP contribution < -0.4 is 0 Å². The Balaban J connectivity index is 2.82. The van der Waals surface area contributed by atoms with Crippen molar-refractivity contribution in [2.24, 2.45) is 0 Å². The van der Waals surface area contributed by atoms with Crippen molar-refractivity contribution in [2.45, 2.75) is 13.3 Å². The van der Waals surface area contributed by atoms with Crippen molar-refractivity contribution in [2.75, 3.05) is 6.61 Å². The Morgan fingerprint density at radius 2 is 2.27 bits per heavy atom. The summed E-state index contributed by atoms with van der Waals surface area (Å²) in [6, 6.07) is 0. The van der Waals surface area contributed by atoms with E-state index in [2.05, 4.69) is 0 Å². The van der Waals surface area contributed by atoms with E-state index in [0.29, 0.717) is 0 Å². The maximum Gasteiger partial charge on any atom is 0.0678 e. The largest absolute Gasteiger partial charge is 0.392 e. The third kappa shape index (κ3) is 2.21. The molecule has 1 N–H and O–H groups in total. The van der Waals surface area contributed by atoms with Gasteiger partial charge in [-0.25, -0.2) is 0 Å². The van der Waals surface area contributed by atoms with Crippen LogP contribution in [0.3, 0.4) is 0 Å². The van der Waals surface area contributed by atoms with Gasteiger partial charge in [-0.2, -0.15) is 0 Å². The highest BCUT2D eigenvalue weighted by atomic mass is 35.5. The fourth-order valence-corrected chi connectivity index (χ4v) is 1.03. The third-order valence-corrected chi connectivity index (χ3v) is 2.15. The quantitative estimate of drug-likeness (QED) is 0.641. The molecule has 1 rings (SSSR count). The van der Waals surface area contributed by atoms with Crippen molar-refractivity contribution in [3.05, 3.63) is 34.4 Å². The monoisotopic (exact) mass is 170 g/mol. The molecule has 60 valence electrons. The number of allylic oxidation sites excluding steroid dienone is 4. The van der Waals surface area contributed by atoms with Crippen LogP contribution in [-0.2, 0) is 0 Å². The molecule has 0 aromatic rings. The van der Waals surface area contributed by atoms with Gasteiger partial charge in [0.25, 0.3) is 0 Å². The van der Waals surface area contributed by atoms with Crippen LogP contribution in [-0.4, -0.2) is 11.7 Å². The van der Waals surface area contributed by atoms with Crippen molar-refractivity contribution in [3.63, 3.8) is 0 Å². The second-order valence-corrected chi connectivity index (χ2v) is 3.01. The van der Waals surface area contributed by atoms with Gasteiger partial charge in [-0.05, 0) is 25.0 Å². The molecular weight excluding hydrogens is 160 g/mol. The Morgan fingerprint density at radius 3 is 2.91 bits per heavy atom. The summed E-state index contributed by atoms with van der Waals surface area (Å²) in [7, 11) is 0. The average Bonchev–Trinajstić information content (AvgIpc) is 2.16. The van der Waals surface area contributed by atoms with Crippen LogP contribution >= 0.6 is 11.6 Å². The number of aliphatic hydroxyl groups is 1. The SMILES string of the molecule is CC1=C(Cl)C=CC(CO)=CC1. The molecule has 1 aliphatic carbocycles. The van der Waals surface area contributed by atoms with E-state index >= 15 is 0 Å². The second kappa shape index (κ2) is 3.74. The fourth-order valence-electron chi connectivity index (χ4n) is 0.889. The number of rotatable bonds is 1. The highest BCUT2D eigenvalue weighted by molar-refractivity contribution is 6.31. The van der Waals surface area contributed by atoms with E-state index in [1.165, 1.54) is 0 Å². The third-order valence-electron chi connectivity index (χ3n) is 1.70. The van der Waals surface area contributed by atoms with E-state index < -0.39 is 0 Å². The predicted molar refractivity (Wildman–Crippen MR) is 47.5 cm³/mol. The molecule has 1 aliphatic rings. The zero-order valence-corrected chi connectivity index (χ0v) is 7.23. The molecule has 0 aliphatic heterocycles. The Hall–Kier alpha value is -0.530. The van der Waals surface area contributed by atoms with Crippen molar-refractivity contribution >= 4 is 11.6 Å². The number of hydrogen-bond acceptors (Lipinski definition) is 1. The van der Waals surface area contributed by atoms with Crippen LogP contribution in [0.5, 0.6) is 0 Å². The lowest BCUT2D eigenvalue weighted by Gasteiger charge is -1.94. The van der Waals surface area contributed by atoms with Gasteiger partial charge < -0.3 is 5.11 Å². The summed E-state index contributed by atoms with van der Waals surface area (Å²) in [6.07, 6.45) is 6.49. The molecule has 1 nitrogen and oxygen atoms in total. The topological polar surface area (TPSA) is 20.2 Å². The highest BCUT2D eigenvalue weighted by Gasteiger charge is 1.99. The van der Waals surface area contributed by atoms with Crippen LogP contribution in [0, 0.1) is 0 Å². The van der Waals surface area contributed by atoms with Gasteiger partial charge in [-0.15, -0.1) is 0 Å². The van der Waals surface area contributed by atoms with E-state index in [4.69, 9.17) is 16.7 Å². The predicted octanol–water partition coefficient (Wildman–Crippen LogP) is 2.38. The molecule has 0 radical (unpaired) electrons. The first kappa shape index (κ1) is 8.57. The molecule has 0 spiro atoms. The first-order chi connectivity index (χ1) is 5.24. The molecule has 0 atom stereocenters. The van der Waals surface area contributed by atoms with Crippen molar-refractivity contribution in [1.29, 1.82) is 0 Å². The van der Waals surface area contributed by atoms with Crippen LogP contribution in [0.1, 0.15) is 13.3 Å². The summed E-state index contributed by atoms with van der Waals surface area (Å²) in [5, 5.41) is 9.59. The normalized spacial score (nSPS) is 18.3. The molecule has 0 aromatic carbocycles. The highest BCUT2D eigenvalue weighted by Crippen LogP contribution is 2.19. The first-order valence-corrected chi connectivity index (χ1v) is 3.95. The van der Waals surface area contributed by atoms with Gasteiger partial charge in [0.05, 0.1) is 6.61 Å². The Kier molecular flexibility index (Phi) is 2.92. The van der Waals surface area contributed by atoms with E-state index in [1.54, 1.807) is 0 Å². The Labute approximate surface area is 71.7 Å². The summed E-state index contributed by atoms with van der Waals surface area (Å²) >= 11 is 5.87. The van der Waals surface area contributed by atoms with E-state index in [0.717, 1.165) is 22.6 Å². The lowest BCUT2D eigenvalue weighted by molar-refractivity contribution is 0.334. The van der Waals surface area contributed by atoms with Gasteiger partial charge in [0.2, 0.25) is 0 Å². The molecule has 0 fully saturated rings. The minimum Gasteiger partial charge on any atom is -0.392 e. The summed E-state index contributed by atoms with van der Waals surface area (Å²) in [5.41, 5.74) is 2.08. The van der Waals surface area contributed by atoms with Gasteiger partial charge in [0.15, 0.2) is 0 Å². The van der Waals surface area contributed by atoms with Crippen LogP contribution in [0.2, 0.25) is 0 Å². The van der Waals surface area contributed by atoms with Gasteiger partial charge >= 0.3 is 0 Å². The van der Waals surface area contributed by atoms with Crippen molar-refractivity contribution in [3.8, 4) is 0 Å². The van der Waals surface area contributed by atoms with Gasteiger partial charge in [0.1, 0.15) is 0 Å². The lowest BCUT2D eigenvalue weighted by atomic mass is 10.2. The Bertz CT molecular complexity index is 236. The van der Waals surface area contributed by atoms with Crippen molar-refractivity contribution < 1.29 is 5.11 Å². The minimum absolute atomic E-state index is 0.0912. The van der Waals surface area contributed by atoms with Gasteiger partial charge in [-0.3, -0.25) is 0 Å². The molecule has 0 bridgehead atoms. The zero-order valence-electron chi connectivity index (χ0n) is 6.47. The summed E-state index contributed by atoms with van der Waals surface area (Å²) < 4.78 is 0. The second-order valence-electron chi connectivity index (χ2n) is 2.60. The standard InChI is InChI=1S/C9H11ClO/c1-7-2-3-8(6-11)4-5-9(7)10/h3-5,11H,2,6H2,1H3. The van der Waals surface area contributed by atoms with Gasteiger partial charge in [0, 0.05) is 5.03 Å². The molecule has 0 unspecified atom stereocenters. The number of halogens is 1. The zero-order chi connectivity index (χ0) is 8.27. The van der Waals surface area contributed by atoms with E-state index in [-0.39, 0.29) is 6.61 Å². The van der Waals surface area contributed by atoms with Crippen LogP contribution in [0.4, 0.5) is 0 Å². The number of hydrogen-bond donors (Lipinski definition) is 1. The minimum atomic E-state index is 0.0912. The first-order valence-electron chi connectivity index (χ1n) is 3.57. The van der Waals surface area contributed by atoms with E-state index in [1.807, 2.05) is 25.2 Å². The smallest absolute Gasteiger partial charge is 0.0678 e. The molecule has 0 heterocycles. The summed E-state index contributed by atoms with van der Waals surface area (Å²) in [4.78, 5) is 0. The summed E-state index contributed by atoms with van der Waals surface area (Å²) in [5.74, 6) is 0. The van der Waals surface area contributed by atoms with E-state index in [9.17, 15) is 0 Å². The number of aliphatic hydroxyl groups excluding tert-OH is 1. The Morgan fingerprint density at radius 1 is 1.55 bits per heavy atom. The molecular formula is C9H11ClO. The lowest BCUT2D eigenvalue weighted by Crippen LogP contribution is -1.84. The molecule has 0 saturated heterocycles. The molecule has 11 heavy (non-hydrogen) atoms.